The number of nitrogens with zero attached hydrogens (tertiary/aromatic N) is 3. The van der Waals surface area contributed by atoms with E-state index in [2.05, 4.69) is 10.1 Å². The first-order chi connectivity index (χ1) is 13.5. The molecule has 4 rings (SSSR count). The predicted octanol–water partition coefficient (Wildman–Crippen LogP) is 2.06. The molecule has 1 aliphatic rings. The van der Waals surface area contributed by atoms with Gasteiger partial charge in [-0.05, 0) is 37.1 Å². The quantitative estimate of drug-likeness (QED) is 0.649. The molecule has 3 aromatic rings. The number of carbonyl (C=O) groups is 2. The number of rotatable bonds is 7. The van der Waals surface area contributed by atoms with Gasteiger partial charge in [-0.1, -0.05) is 30.3 Å². The summed E-state index contributed by atoms with van der Waals surface area (Å²) >= 11 is 0. The number of benzene rings is 2. The Kier molecular flexibility index (Phi) is 4.31. The number of hydrogen-bond donors (Lipinski definition) is 2. The molecule has 1 aliphatic carbocycles. The number of para-hydroxylation sites is 2. The highest BCUT2D eigenvalue weighted by atomic mass is 16.5. The number of carboxylic acids is 1. The van der Waals surface area contributed by atoms with Crippen molar-refractivity contribution >= 4 is 11.9 Å². The first kappa shape index (κ1) is 17.7. The molecule has 8 nitrogen and oxygen atoms in total. The van der Waals surface area contributed by atoms with Crippen LogP contribution in [0.25, 0.3) is 5.69 Å². The molecular formula is C20H18N4O4. The highest BCUT2D eigenvalue weighted by molar-refractivity contribution is 5.92. The highest BCUT2D eigenvalue weighted by Crippen LogP contribution is 2.47. The minimum atomic E-state index is -1.09. The smallest absolute Gasteiger partial charge is 0.337 e. The lowest BCUT2D eigenvalue weighted by Gasteiger charge is -2.13. The fraction of sp³-hybridized carbons (Fsp3) is 0.200. The number of ether oxygens (including phenoxy) is 1. The largest absolute Gasteiger partial charge is 0.486 e. The third-order valence-corrected chi connectivity index (χ3v) is 4.77. The summed E-state index contributed by atoms with van der Waals surface area (Å²) in [6, 6.07) is 15.6. The second-order valence-corrected chi connectivity index (χ2v) is 6.63. The molecule has 2 aromatic carbocycles. The zero-order chi connectivity index (χ0) is 19.7. The van der Waals surface area contributed by atoms with E-state index in [1.165, 1.54) is 10.7 Å². The molecular weight excluding hydrogens is 360 g/mol. The lowest BCUT2D eigenvalue weighted by molar-refractivity contribution is -0.120. The van der Waals surface area contributed by atoms with Crippen molar-refractivity contribution in [2.75, 3.05) is 0 Å². The molecule has 0 aliphatic heterocycles. The Hall–Kier alpha value is -3.68. The van der Waals surface area contributed by atoms with Gasteiger partial charge in [0.05, 0.1) is 11.3 Å². The van der Waals surface area contributed by atoms with Crippen LogP contribution in [0.15, 0.2) is 54.6 Å². The van der Waals surface area contributed by atoms with Gasteiger partial charge in [0.15, 0.2) is 5.82 Å². The molecule has 0 bridgehead atoms. The zero-order valence-corrected chi connectivity index (χ0v) is 14.9. The Morgan fingerprint density at radius 3 is 2.43 bits per heavy atom. The van der Waals surface area contributed by atoms with Crippen LogP contribution in [-0.2, 0) is 16.8 Å². The number of aromatic nitrogens is 3. The number of amides is 1. The van der Waals surface area contributed by atoms with E-state index in [0.29, 0.717) is 35.9 Å². The van der Waals surface area contributed by atoms with E-state index < -0.39 is 17.3 Å². The van der Waals surface area contributed by atoms with Gasteiger partial charge in [0.25, 0.3) is 0 Å². The number of primary amides is 1. The van der Waals surface area contributed by atoms with Crippen molar-refractivity contribution in [3.63, 3.8) is 0 Å². The van der Waals surface area contributed by atoms with Crippen LogP contribution in [0.5, 0.6) is 5.75 Å². The van der Waals surface area contributed by atoms with Crippen molar-refractivity contribution in [2.24, 2.45) is 5.73 Å². The maximum absolute atomic E-state index is 12.1. The van der Waals surface area contributed by atoms with Crippen LogP contribution in [0.3, 0.4) is 0 Å². The van der Waals surface area contributed by atoms with E-state index in [4.69, 9.17) is 10.5 Å². The van der Waals surface area contributed by atoms with Crippen LogP contribution < -0.4 is 10.5 Å². The maximum atomic E-state index is 12.1. The van der Waals surface area contributed by atoms with Gasteiger partial charge in [0.2, 0.25) is 5.91 Å². The molecule has 3 N–H and O–H groups in total. The highest BCUT2D eigenvalue weighted by Gasteiger charge is 2.54. The Labute approximate surface area is 160 Å². The SMILES string of the molecule is NC(=O)C1(c2nc(COc3ccccc3)nn2-c2ccccc2C(=O)O)CC1. The average molecular weight is 378 g/mol. The van der Waals surface area contributed by atoms with Crippen molar-refractivity contribution in [1.82, 2.24) is 14.8 Å². The number of hydrogen-bond acceptors (Lipinski definition) is 5. The van der Waals surface area contributed by atoms with Gasteiger partial charge in [-0.3, -0.25) is 4.79 Å². The van der Waals surface area contributed by atoms with Crippen LogP contribution >= 0.6 is 0 Å². The lowest BCUT2D eigenvalue weighted by Crippen LogP contribution is -2.31. The molecule has 1 fully saturated rings. The fourth-order valence-corrected chi connectivity index (χ4v) is 3.10. The molecule has 0 radical (unpaired) electrons. The Morgan fingerprint density at radius 1 is 1.11 bits per heavy atom. The van der Waals surface area contributed by atoms with Crippen molar-refractivity contribution in [3.05, 3.63) is 71.8 Å². The van der Waals surface area contributed by atoms with E-state index in [9.17, 15) is 14.7 Å². The van der Waals surface area contributed by atoms with Crippen molar-refractivity contribution in [2.45, 2.75) is 24.9 Å². The van der Waals surface area contributed by atoms with Crippen molar-refractivity contribution in [1.29, 1.82) is 0 Å². The molecule has 0 spiro atoms. The second-order valence-electron chi connectivity index (χ2n) is 6.63. The normalized spacial score (nSPS) is 14.4. The van der Waals surface area contributed by atoms with Gasteiger partial charge >= 0.3 is 5.97 Å². The summed E-state index contributed by atoms with van der Waals surface area (Å²) in [7, 11) is 0. The summed E-state index contributed by atoms with van der Waals surface area (Å²) in [6.45, 7) is 0.0775. The fourth-order valence-electron chi connectivity index (χ4n) is 3.10. The number of carbonyl (C=O) groups excluding carboxylic acids is 1. The monoisotopic (exact) mass is 378 g/mol. The Bertz CT molecular complexity index is 1040. The maximum Gasteiger partial charge on any atom is 0.337 e. The van der Waals surface area contributed by atoms with Crippen molar-refractivity contribution < 1.29 is 19.4 Å². The first-order valence-corrected chi connectivity index (χ1v) is 8.78. The van der Waals surface area contributed by atoms with E-state index in [0.717, 1.165) is 0 Å². The lowest BCUT2D eigenvalue weighted by atomic mass is 10.1. The summed E-state index contributed by atoms with van der Waals surface area (Å²) in [4.78, 5) is 28.2. The first-order valence-electron chi connectivity index (χ1n) is 8.78. The molecule has 0 unspecified atom stereocenters. The third-order valence-electron chi connectivity index (χ3n) is 4.77. The van der Waals surface area contributed by atoms with Crippen molar-refractivity contribution in [3.8, 4) is 11.4 Å². The summed E-state index contributed by atoms with van der Waals surface area (Å²) in [6.07, 6.45) is 1.10. The van der Waals surface area contributed by atoms with Gasteiger partial charge in [-0.2, -0.15) is 0 Å². The molecule has 0 atom stereocenters. The summed E-state index contributed by atoms with van der Waals surface area (Å²) in [5, 5.41) is 14.0. The van der Waals surface area contributed by atoms with Gasteiger partial charge in [0, 0.05) is 0 Å². The van der Waals surface area contributed by atoms with Gasteiger partial charge < -0.3 is 15.6 Å². The minimum absolute atomic E-state index is 0.0597. The summed E-state index contributed by atoms with van der Waals surface area (Å²) in [5.74, 6) is -0.248. The molecule has 1 amide bonds. The molecule has 28 heavy (non-hydrogen) atoms. The third kappa shape index (κ3) is 3.09. The molecule has 1 heterocycles. The standard InChI is InChI=1S/C20H18N4O4/c21-18(27)20(10-11-20)19-22-16(12-28-13-6-2-1-3-7-13)23-24(19)15-9-5-4-8-14(15)17(25)26/h1-9H,10-12H2,(H2,21,27)(H,25,26). The van der Waals surface area contributed by atoms with Crippen LogP contribution in [-0.4, -0.2) is 31.7 Å². The summed E-state index contributed by atoms with van der Waals surface area (Å²) in [5.41, 5.74) is 5.08. The van der Waals surface area contributed by atoms with E-state index in [-0.39, 0.29) is 12.2 Å². The van der Waals surface area contributed by atoms with E-state index >= 15 is 0 Å². The molecule has 142 valence electrons. The Morgan fingerprint density at radius 2 is 1.79 bits per heavy atom. The number of nitrogens with two attached hydrogens (primary N) is 1. The molecule has 8 heteroatoms. The van der Waals surface area contributed by atoms with Crippen LogP contribution in [0.1, 0.15) is 34.8 Å². The predicted molar refractivity (Wildman–Crippen MR) is 99.2 cm³/mol. The molecule has 0 saturated heterocycles. The second kappa shape index (κ2) is 6.80. The van der Waals surface area contributed by atoms with Crippen LogP contribution in [0, 0.1) is 0 Å². The van der Waals surface area contributed by atoms with Gasteiger partial charge in [-0.15, -0.1) is 5.10 Å². The number of aromatic carboxylic acids is 1. The van der Waals surface area contributed by atoms with Crippen LogP contribution in [0.4, 0.5) is 0 Å². The minimum Gasteiger partial charge on any atom is -0.486 e. The van der Waals surface area contributed by atoms with Crippen LogP contribution in [0.2, 0.25) is 0 Å². The van der Waals surface area contributed by atoms with Gasteiger partial charge in [-0.25, -0.2) is 14.5 Å². The molecule has 1 aromatic heterocycles. The Balaban J connectivity index is 1.76. The summed E-state index contributed by atoms with van der Waals surface area (Å²) < 4.78 is 7.10. The zero-order valence-electron chi connectivity index (χ0n) is 14.9. The topological polar surface area (TPSA) is 120 Å². The van der Waals surface area contributed by atoms with E-state index in [1.807, 2.05) is 30.3 Å². The van der Waals surface area contributed by atoms with E-state index in [1.54, 1.807) is 18.2 Å². The molecule has 1 saturated carbocycles. The number of carboxylic acid groups (broad SMARTS) is 1. The van der Waals surface area contributed by atoms with Gasteiger partial charge in [0.1, 0.15) is 23.6 Å². The average Bonchev–Trinajstić information content (AvgIpc) is 3.41.